The standard InChI is InChI=1S/C19H18N2O6/c1-2-3-14-9-15(21(23)24)5-7-16(14)25-11-19(22)20-10-13-4-6-17-18(8-13)27-12-26-17/h2,4-9H,1,3,10-12H2,(H,20,22). The third-order valence-corrected chi connectivity index (χ3v) is 3.90. The third-order valence-electron chi connectivity index (χ3n) is 3.90. The Bertz CT molecular complexity index is 880. The largest absolute Gasteiger partial charge is 0.483 e. The molecule has 0 aromatic heterocycles. The maximum absolute atomic E-state index is 12.0. The first kappa shape index (κ1) is 18.2. The molecule has 0 bridgehead atoms. The zero-order valence-electron chi connectivity index (χ0n) is 14.5. The summed E-state index contributed by atoms with van der Waals surface area (Å²) in [5.74, 6) is 1.44. The number of nitrogens with one attached hydrogen (secondary N) is 1. The summed E-state index contributed by atoms with van der Waals surface area (Å²) >= 11 is 0. The molecule has 2 aromatic carbocycles. The highest BCUT2D eigenvalue weighted by Crippen LogP contribution is 2.32. The smallest absolute Gasteiger partial charge is 0.269 e. The fourth-order valence-electron chi connectivity index (χ4n) is 2.58. The van der Waals surface area contributed by atoms with Crippen LogP contribution >= 0.6 is 0 Å². The van der Waals surface area contributed by atoms with Crippen molar-refractivity contribution in [1.82, 2.24) is 5.32 Å². The van der Waals surface area contributed by atoms with E-state index < -0.39 is 4.92 Å². The van der Waals surface area contributed by atoms with Crippen LogP contribution in [0.1, 0.15) is 11.1 Å². The normalized spacial score (nSPS) is 11.7. The molecule has 0 saturated carbocycles. The average Bonchev–Trinajstić information content (AvgIpc) is 3.13. The SMILES string of the molecule is C=CCc1cc([N+](=O)[O-])ccc1OCC(=O)NCc1ccc2c(c1)OCO2. The number of nitro benzene ring substituents is 1. The Morgan fingerprint density at radius 3 is 2.85 bits per heavy atom. The van der Waals surface area contributed by atoms with Crippen molar-refractivity contribution in [1.29, 1.82) is 0 Å². The van der Waals surface area contributed by atoms with Gasteiger partial charge in [-0.2, -0.15) is 0 Å². The summed E-state index contributed by atoms with van der Waals surface area (Å²) in [5, 5.41) is 13.6. The van der Waals surface area contributed by atoms with Crippen molar-refractivity contribution in [2.24, 2.45) is 0 Å². The summed E-state index contributed by atoms with van der Waals surface area (Å²) in [5.41, 5.74) is 1.43. The summed E-state index contributed by atoms with van der Waals surface area (Å²) in [6.45, 7) is 3.94. The minimum Gasteiger partial charge on any atom is -0.483 e. The zero-order chi connectivity index (χ0) is 19.2. The Morgan fingerprint density at radius 2 is 2.07 bits per heavy atom. The van der Waals surface area contributed by atoms with Crippen LogP contribution < -0.4 is 19.5 Å². The van der Waals surface area contributed by atoms with E-state index in [4.69, 9.17) is 14.2 Å². The van der Waals surface area contributed by atoms with Crippen LogP contribution in [-0.4, -0.2) is 24.2 Å². The Labute approximate surface area is 155 Å². The van der Waals surface area contributed by atoms with Crippen molar-refractivity contribution in [3.8, 4) is 17.2 Å². The molecule has 1 heterocycles. The number of amides is 1. The molecule has 1 amide bonds. The maximum atomic E-state index is 12.0. The minimum absolute atomic E-state index is 0.0357. The lowest BCUT2D eigenvalue weighted by Crippen LogP contribution is -2.28. The lowest BCUT2D eigenvalue weighted by Gasteiger charge is -2.11. The van der Waals surface area contributed by atoms with Crippen LogP contribution in [0.3, 0.4) is 0 Å². The second-order valence-electron chi connectivity index (χ2n) is 5.79. The van der Waals surface area contributed by atoms with Gasteiger partial charge in [0.2, 0.25) is 6.79 Å². The van der Waals surface area contributed by atoms with Gasteiger partial charge in [0.1, 0.15) is 5.75 Å². The molecular formula is C19H18N2O6. The molecule has 1 aliphatic rings. The van der Waals surface area contributed by atoms with Crippen molar-refractivity contribution in [2.75, 3.05) is 13.4 Å². The summed E-state index contributed by atoms with van der Waals surface area (Å²) in [6, 6.07) is 9.68. The summed E-state index contributed by atoms with van der Waals surface area (Å²) in [7, 11) is 0. The number of nitro groups is 1. The molecule has 0 saturated heterocycles. The third kappa shape index (κ3) is 4.55. The molecule has 0 radical (unpaired) electrons. The fraction of sp³-hybridized carbons (Fsp3) is 0.211. The molecule has 0 unspecified atom stereocenters. The number of benzene rings is 2. The monoisotopic (exact) mass is 370 g/mol. The highest BCUT2D eigenvalue weighted by atomic mass is 16.7. The van der Waals surface area contributed by atoms with E-state index in [0.717, 1.165) is 5.56 Å². The van der Waals surface area contributed by atoms with Crippen molar-refractivity contribution >= 4 is 11.6 Å². The summed E-state index contributed by atoms with van der Waals surface area (Å²) in [6.07, 6.45) is 2.02. The maximum Gasteiger partial charge on any atom is 0.269 e. The molecule has 8 heteroatoms. The Morgan fingerprint density at radius 1 is 1.26 bits per heavy atom. The van der Waals surface area contributed by atoms with Crippen LogP contribution in [0, 0.1) is 10.1 Å². The molecule has 1 N–H and O–H groups in total. The number of non-ortho nitro benzene ring substituents is 1. The number of ether oxygens (including phenoxy) is 3. The van der Waals surface area contributed by atoms with E-state index in [1.165, 1.54) is 18.2 Å². The molecule has 140 valence electrons. The van der Waals surface area contributed by atoms with Gasteiger partial charge in [0.25, 0.3) is 11.6 Å². The molecule has 0 fully saturated rings. The van der Waals surface area contributed by atoms with Crippen molar-refractivity contribution < 1.29 is 23.9 Å². The number of carbonyl (C=O) groups excluding carboxylic acids is 1. The van der Waals surface area contributed by atoms with Gasteiger partial charge in [-0.3, -0.25) is 14.9 Å². The Balaban J connectivity index is 1.55. The molecule has 2 aromatic rings. The van der Waals surface area contributed by atoms with Gasteiger partial charge in [-0.25, -0.2) is 0 Å². The van der Waals surface area contributed by atoms with Crippen LogP contribution in [0.25, 0.3) is 0 Å². The highest BCUT2D eigenvalue weighted by Gasteiger charge is 2.14. The first-order valence-corrected chi connectivity index (χ1v) is 8.23. The van der Waals surface area contributed by atoms with Crippen LogP contribution in [0.5, 0.6) is 17.2 Å². The predicted octanol–water partition coefficient (Wildman–Crippen LogP) is 2.75. The predicted molar refractivity (Wildman–Crippen MR) is 96.9 cm³/mol. The number of rotatable bonds is 8. The topological polar surface area (TPSA) is 99.9 Å². The number of hydrogen-bond acceptors (Lipinski definition) is 6. The molecule has 1 aliphatic heterocycles. The van der Waals surface area contributed by atoms with E-state index in [1.807, 2.05) is 12.1 Å². The number of fused-ring (bicyclic) bond motifs is 1. The van der Waals surface area contributed by atoms with Crippen LogP contribution in [0.15, 0.2) is 49.1 Å². The van der Waals surface area contributed by atoms with Gasteiger partial charge < -0.3 is 19.5 Å². The minimum atomic E-state index is -0.478. The van der Waals surface area contributed by atoms with Crippen molar-refractivity contribution in [2.45, 2.75) is 13.0 Å². The van der Waals surface area contributed by atoms with Gasteiger partial charge in [0.05, 0.1) is 4.92 Å². The number of hydrogen-bond donors (Lipinski definition) is 1. The number of carbonyl (C=O) groups is 1. The summed E-state index contributed by atoms with van der Waals surface area (Å²) in [4.78, 5) is 22.5. The van der Waals surface area contributed by atoms with Gasteiger partial charge in [-0.1, -0.05) is 12.1 Å². The molecular weight excluding hydrogens is 352 g/mol. The van der Waals surface area contributed by atoms with Crippen molar-refractivity contribution in [3.05, 3.63) is 70.3 Å². The molecule has 8 nitrogen and oxygen atoms in total. The van der Waals surface area contributed by atoms with Gasteiger partial charge in [-0.15, -0.1) is 6.58 Å². The van der Waals surface area contributed by atoms with Crippen LogP contribution in [0.2, 0.25) is 0 Å². The quantitative estimate of drug-likeness (QED) is 0.436. The van der Waals surface area contributed by atoms with E-state index in [9.17, 15) is 14.9 Å². The number of allylic oxidation sites excluding steroid dienone is 1. The molecule has 0 spiro atoms. The molecule has 27 heavy (non-hydrogen) atoms. The zero-order valence-corrected chi connectivity index (χ0v) is 14.5. The van der Waals surface area contributed by atoms with E-state index in [2.05, 4.69) is 11.9 Å². The molecule has 0 atom stereocenters. The van der Waals surface area contributed by atoms with E-state index in [1.54, 1.807) is 12.1 Å². The average molecular weight is 370 g/mol. The van der Waals surface area contributed by atoms with Gasteiger partial charge in [0.15, 0.2) is 18.1 Å². The van der Waals surface area contributed by atoms with Gasteiger partial charge >= 0.3 is 0 Å². The first-order valence-electron chi connectivity index (χ1n) is 8.23. The van der Waals surface area contributed by atoms with E-state index >= 15 is 0 Å². The molecule has 3 rings (SSSR count). The first-order chi connectivity index (χ1) is 13.1. The fourth-order valence-corrected chi connectivity index (χ4v) is 2.58. The van der Waals surface area contributed by atoms with Crippen LogP contribution in [0.4, 0.5) is 5.69 Å². The van der Waals surface area contributed by atoms with Crippen molar-refractivity contribution in [3.63, 3.8) is 0 Å². The van der Waals surface area contributed by atoms with E-state index in [0.29, 0.717) is 35.8 Å². The Kier molecular flexibility index (Phi) is 5.55. The lowest BCUT2D eigenvalue weighted by molar-refractivity contribution is -0.384. The van der Waals surface area contributed by atoms with E-state index in [-0.39, 0.29) is 25.0 Å². The second kappa shape index (κ2) is 8.22. The Hall–Kier alpha value is -3.55. The number of nitrogens with zero attached hydrogens (tertiary/aromatic N) is 1. The van der Waals surface area contributed by atoms with Crippen LogP contribution in [-0.2, 0) is 17.8 Å². The second-order valence-corrected chi connectivity index (χ2v) is 5.79. The highest BCUT2D eigenvalue weighted by molar-refractivity contribution is 5.77. The van der Waals surface area contributed by atoms with Gasteiger partial charge in [0, 0.05) is 24.2 Å². The molecule has 0 aliphatic carbocycles. The van der Waals surface area contributed by atoms with Gasteiger partial charge in [-0.05, 0) is 30.2 Å². The summed E-state index contributed by atoms with van der Waals surface area (Å²) < 4.78 is 16.1. The lowest BCUT2D eigenvalue weighted by atomic mass is 10.1.